The van der Waals surface area contributed by atoms with E-state index in [1.165, 1.54) is 0 Å². The molecule has 0 radical (unpaired) electrons. The Balaban J connectivity index is 1.80. The second kappa shape index (κ2) is 9.33. The lowest BCUT2D eigenvalue weighted by Crippen LogP contribution is -2.05. The van der Waals surface area contributed by atoms with Crippen LogP contribution in [0.1, 0.15) is 16.7 Å². The molecule has 0 heterocycles. The molecular formula is C21H17Br2Cl2NO. The summed E-state index contributed by atoms with van der Waals surface area (Å²) >= 11 is 19.3. The lowest BCUT2D eigenvalue weighted by atomic mass is 10.1. The third-order valence-electron chi connectivity index (χ3n) is 4.03. The maximum absolute atomic E-state index is 6.12. The van der Waals surface area contributed by atoms with Gasteiger partial charge in [-0.05, 0) is 70.4 Å². The van der Waals surface area contributed by atoms with Crippen LogP contribution in [0.3, 0.4) is 0 Å². The molecule has 0 aromatic heterocycles. The summed E-state index contributed by atoms with van der Waals surface area (Å²) in [6, 6.07) is 17.5. The number of anilines is 1. The van der Waals surface area contributed by atoms with Gasteiger partial charge in [0.25, 0.3) is 0 Å². The Morgan fingerprint density at radius 1 is 0.963 bits per heavy atom. The van der Waals surface area contributed by atoms with Crippen molar-refractivity contribution in [3.8, 4) is 5.75 Å². The van der Waals surface area contributed by atoms with E-state index >= 15 is 0 Å². The predicted molar refractivity (Wildman–Crippen MR) is 121 cm³/mol. The van der Waals surface area contributed by atoms with Gasteiger partial charge >= 0.3 is 0 Å². The van der Waals surface area contributed by atoms with Gasteiger partial charge in [0, 0.05) is 32.3 Å². The quantitative estimate of drug-likeness (QED) is 0.349. The van der Waals surface area contributed by atoms with Crippen molar-refractivity contribution in [2.75, 3.05) is 5.32 Å². The number of ether oxygens (including phenoxy) is 1. The van der Waals surface area contributed by atoms with Crippen LogP contribution in [0.25, 0.3) is 0 Å². The van der Waals surface area contributed by atoms with Crippen molar-refractivity contribution in [3.63, 3.8) is 0 Å². The summed E-state index contributed by atoms with van der Waals surface area (Å²) in [4.78, 5) is 0. The van der Waals surface area contributed by atoms with Crippen LogP contribution in [0, 0.1) is 6.92 Å². The molecule has 0 spiro atoms. The first-order chi connectivity index (χ1) is 12.9. The van der Waals surface area contributed by atoms with Gasteiger partial charge in [0.2, 0.25) is 0 Å². The van der Waals surface area contributed by atoms with Gasteiger partial charge in [-0.2, -0.15) is 0 Å². The van der Waals surface area contributed by atoms with Crippen molar-refractivity contribution in [1.29, 1.82) is 0 Å². The highest BCUT2D eigenvalue weighted by Crippen LogP contribution is 2.34. The van der Waals surface area contributed by atoms with E-state index in [1.807, 2.05) is 61.5 Å². The van der Waals surface area contributed by atoms with Gasteiger partial charge in [0.1, 0.15) is 12.4 Å². The first kappa shape index (κ1) is 20.5. The van der Waals surface area contributed by atoms with Crippen LogP contribution in [0.5, 0.6) is 5.75 Å². The fraction of sp³-hybridized carbons (Fsp3) is 0.143. The highest BCUT2D eigenvalue weighted by atomic mass is 79.9. The van der Waals surface area contributed by atoms with Gasteiger partial charge in [-0.15, -0.1) is 0 Å². The Bertz CT molecular complexity index is 963. The number of hydrogen-bond donors (Lipinski definition) is 1. The van der Waals surface area contributed by atoms with Crippen molar-refractivity contribution in [2.24, 2.45) is 0 Å². The average Bonchev–Trinajstić information content (AvgIpc) is 2.61. The van der Waals surface area contributed by atoms with Crippen molar-refractivity contribution >= 4 is 60.7 Å². The van der Waals surface area contributed by atoms with E-state index in [0.717, 1.165) is 37.1 Å². The second-order valence-corrected chi connectivity index (χ2v) is 8.75. The van der Waals surface area contributed by atoms with Crippen molar-refractivity contribution < 1.29 is 4.74 Å². The maximum atomic E-state index is 6.12. The van der Waals surface area contributed by atoms with Crippen LogP contribution in [0.15, 0.2) is 63.5 Å². The van der Waals surface area contributed by atoms with E-state index in [9.17, 15) is 0 Å². The molecule has 0 aliphatic carbocycles. The molecule has 6 heteroatoms. The molecule has 2 nitrogen and oxygen atoms in total. The van der Waals surface area contributed by atoms with Crippen molar-refractivity contribution in [1.82, 2.24) is 0 Å². The molecule has 0 bridgehead atoms. The summed E-state index contributed by atoms with van der Waals surface area (Å²) in [5, 5.41) is 4.85. The van der Waals surface area contributed by atoms with Gasteiger partial charge in [-0.25, -0.2) is 0 Å². The molecule has 0 aliphatic heterocycles. The number of rotatable bonds is 6. The number of nitrogens with one attached hydrogen (secondary N) is 1. The topological polar surface area (TPSA) is 21.3 Å². The number of hydrogen-bond acceptors (Lipinski definition) is 2. The minimum Gasteiger partial charge on any atom is -0.487 e. The average molecular weight is 530 g/mol. The molecule has 27 heavy (non-hydrogen) atoms. The van der Waals surface area contributed by atoms with Crippen LogP contribution >= 0.6 is 55.1 Å². The van der Waals surface area contributed by atoms with Crippen molar-refractivity contribution in [3.05, 3.63) is 90.3 Å². The van der Waals surface area contributed by atoms with E-state index in [-0.39, 0.29) is 0 Å². The molecule has 0 unspecified atom stereocenters. The lowest BCUT2D eigenvalue weighted by molar-refractivity contribution is 0.301. The van der Waals surface area contributed by atoms with E-state index in [1.54, 1.807) is 0 Å². The van der Waals surface area contributed by atoms with Crippen LogP contribution < -0.4 is 10.1 Å². The zero-order valence-corrected chi connectivity index (χ0v) is 19.2. The molecule has 3 aromatic carbocycles. The Kier molecular flexibility index (Phi) is 7.10. The van der Waals surface area contributed by atoms with Crippen LogP contribution in [-0.4, -0.2) is 0 Å². The minimum absolute atomic E-state index is 0.435. The molecule has 0 aliphatic rings. The molecule has 1 N–H and O–H groups in total. The third kappa shape index (κ3) is 5.64. The van der Waals surface area contributed by atoms with E-state index in [2.05, 4.69) is 37.2 Å². The zero-order valence-electron chi connectivity index (χ0n) is 14.5. The summed E-state index contributed by atoms with van der Waals surface area (Å²) in [6.45, 7) is 3.08. The van der Waals surface area contributed by atoms with Gasteiger partial charge in [-0.1, -0.05) is 57.3 Å². The molecular weight excluding hydrogens is 513 g/mol. The van der Waals surface area contributed by atoms with Gasteiger partial charge in [-0.3, -0.25) is 0 Å². The fourth-order valence-corrected chi connectivity index (χ4v) is 4.48. The SMILES string of the molecule is Cc1ccc(Cl)cc1NCc1cc(Br)cc(Br)c1OCc1cccc(Cl)c1. The molecule has 0 saturated carbocycles. The number of halogens is 4. The molecule has 0 atom stereocenters. The number of aryl methyl sites for hydroxylation is 1. The summed E-state index contributed by atoms with van der Waals surface area (Å²) in [6.07, 6.45) is 0. The molecule has 0 saturated heterocycles. The van der Waals surface area contributed by atoms with E-state index in [4.69, 9.17) is 27.9 Å². The molecule has 3 aromatic rings. The van der Waals surface area contributed by atoms with Crippen LogP contribution in [-0.2, 0) is 13.2 Å². The molecule has 0 fully saturated rings. The lowest BCUT2D eigenvalue weighted by Gasteiger charge is -2.16. The van der Waals surface area contributed by atoms with Gasteiger partial charge < -0.3 is 10.1 Å². The summed E-state index contributed by atoms with van der Waals surface area (Å²) in [5.41, 5.74) is 4.17. The van der Waals surface area contributed by atoms with E-state index in [0.29, 0.717) is 23.2 Å². The molecule has 140 valence electrons. The zero-order chi connectivity index (χ0) is 19.4. The fourth-order valence-electron chi connectivity index (χ4n) is 2.66. The van der Waals surface area contributed by atoms with Crippen molar-refractivity contribution in [2.45, 2.75) is 20.1 Å². The minimum atomic E-state index is 0.435. The smallest absolute Gasteiger partial charge is 0.139 e. The highest BCUT2D eigenvalue weighted by Gasteiger charge is 2.12. The third-order valence-corrected chi connectivity index (χ3v) is 5.54. The first-order valence-electron chi connectivity index (χ1n) is 8.27. The van der Waals surface area contributed by atoms with Crippen LogP contribution in [0.4, 0.5) is 5.69 Å². The van der Waals surface area contributed by atoms with Crippen LogP contribution in [0.2, 0.25) is 10.0 Å². The molecule has 3 rings (SSSR count). The Morgan fingerprint density at radius 2 is 1.74 bits per heavy atom. The summed E-state index contributed by atoms with van der Waals surface area (Å²) < 4.78 is 7.98. The maximum Gasteiger partial charge on any atom is 0.139 e. The second-order valence-electron chi connectivity index (χ2n) is 6.11. The Hall–Kier alpha value is -1.20. The first-order valence-corrected chi connectivity index (χ1v) is 10.6. The molecule has 0 amide bonds. The number of benzene rings is 3. The van der Waals surface area contributed by atoms with Gasteiger partial charge in [0.05, 0.1) is 4.47 Å². The van der Waals surface area contributed by atoms with E-state index < -0.39 is 0 Å². The summed E-state index contributed by atoms with van der Waals surface area (Å²) in [5.74, 6) is 0.797. The largest absolute Gasteiger partial charge is 0.487 e. The Labute approximate surface area is 186 Å². The standard InChI is InChI=1S/C21H17Br2Cl2NO/c1-13-5-6-18(25)10-20(13)26-11-15-8-16(22)9-19(23)21(15)27-12-14-3-2-4-17(24)7-14/h2-10,26H,11-12H2,1H3. The summed E-state index contributed by atoms with van der Waals surface area (Å²) in [7, 11) is 0. The predicted octanol–water partition coefficient (Wildman–Crippen LogP) is 8.02. The Morgan fingerprint density at radius 3 is 2.52 bits per heavy atom. The van der Waals surface area contributed by atoms with Gasteiger partial charge in [0.15, 0.2) is 0 Å². The highest BCUT2D eigenvalue weighted by molar-refractivity contribution is 9.11. The normalized spacial score (nSPS) is 10.7. The monoisotopic (exact) mass is 527 g/mol.